The molecule has 0 saturated carbocycles. The lowest BCUT2D eigenvalue weighted by molar-refractivity contribution is 0.822. The Morgan fingerprint density at radius 2 is 2.24 bits per heavy atom. The lowest BCUT2D eigenvalue weighted by Gasteiger charge is -2.03. The van der Waals surface area contributed by atoms with Gasteiger partial charge in [-0.15, -0.1) is 0 Å². The molecule has 5 nitrogen and oxygen atoms in total. The van der Waals surface area contributed by atoms with Crippen LogP contribution in [0.25, 0.3) is 22.3 Å². The molecule has 2 aromatic heterocycles. The third kappa shape index (κ3) is 1.52. The second kappa shape index (κ2) is 3.71. The smallest absolute Gasteiger partial charge is 0.0953 e. The molecule has 0 aliphatic heterocycles. The number of aromatic nitrogens is 4. The number of nitrogens with zero attached hydrogens (tertiary/aromatic N) is 3. The summed E-state index contributed by atoms with van der Waals surface area (Å²) in [5.74, 6) is 0. The standard InChI is InChI=1S/C12H13N5/c1-17-7-16-12(11(17)5-13)8-2-3-9-10(4-8)15-6-14-9/h2-4,6-7H,5,13H2,1H3,(H,14,15). The number of imidazole rings is 2. The summed E-state index contributed by atoms with van der Waals surface area (Å²) in [4.78, 5) is 11.7. The maximum Gasteiger partial charge on any atom is 0.0953 e. The van der Waals surface area contributed by atoms with Gasteiger partial charge < -0.3 is 15.3 Å². The minimum atomic E-state index is 0.479. The van der Waals surface area contributed by atoms with Crippen LogP contribution < -0.4 is 5.73 Å². The molecular formula is C12H13N5. The third-order valence-electron chi connectivity index (χ3n) is 2.95. The van der Waals surface area contributed by atoms with E-state index in [1.54, 1.807) is 12.7 Å². The van der Waals surface area contributed by atoms with E-state index in [9.17, 15) is 0 Å². The molecule has 3 rings (SSSR count). The normalized spacial score (nSPS) is 11.2. The Hall–Kier alpha value is -2.14. The van der Waals surface area contributed by atoms with Gasteiger partial charge in [-0.2, -0.15) is 0 Å². The van der Waals surface area contributed by atoms with Crippen LogP contribution in [0.3, 0.4) is 0 Å². The van der Waals surface area contributed by atoms with Gasteiger partial charge in [0.2, 0.25) is 0 Å². The van der Waals surface area contributed by atoms with E-state index in [0.29, 0.717) is 6.54 Å². The van der Waals surface area contributed by atoms with Crippen LogP contribution in [0.2, 0.25) is 0 Å². The Morgan fingerprint density at radius 3 is 3.06 bits per heavy atom. The fourth-order valence-corrected chi connectivity index (χ4v) is 2.02. The number of hydrogen-bond donors (Lipinski definition) is 2. The van der Waals surface area contributed by atoms with Crippen LogP contribution >= 0.6 is 0 Å². The Bertz CT molecular complexity index is 664. The van der Waals surface area contributed by atoms with Gasteiger partial charge in [-0.05, 0) is 12.1 Å². The van der Waals surface area contributed by atoms with Crippen LogP contribution in [0.5, 0.6) is 0 Å². The van der Waals surface area contributed by atoms with Crippen LogP contribution in [-0.4, -0.2) is 19.5 Å². The molecular weight excluding hydrogens is 214 g/mol. The van der Waals surface area contributed by atoms with Gasteiger partial charge in [0.05, 0.1) is 35.1 Å². The minimum absolute atomic E-state index is 0.479. The average molecular weight is 227 g/mol. The zero-order valence-corrected chi connectivity index (χ0v) is 9.51. The first-order valence-electron chi connectivity index (χ1n) is 5.43. The van der Waals surface area contributed by atoms with Gasteiger partial charge in [-0.3, -0.25) is 0 Å². The second-order valence-electron chi connectivity index (χ2n) is 3.99. The zero-order valence-electron chi connectivity index (χ0n) is 9.51. The van der Waals surface area contributed by atoms with Crippen molar-refractivity contribution in [1.29, 1.82) is 0 Å². The number of nitrogens with two attached hydrogens (primary N) is 1. The predicted molar refractivity (Wildman–Crippen MR) is 66.2 cm³/mol. The van der Waals surface area contributed by atoms with Gasteiger partial charge in [-0.25, -0.2) is 9.97 Å². The molecule has 86 valence electrons. The molecule has 1 aromatic carbocycles. The van der Waals surface area contributed by atoms with Crippen molar-refractivity contribution < 1.29 is 0 Å². The quantitative estimate of drug-likeness (QED) is 0.695. The molecule has 0 aliphatic carbocycles. The van der Waals surface area contributed by atoms with Crippen LogP contribution in [-0.2, 0) is 13.6 Å². The highest BCUT2D eigenvalue weighted by molar-refractivity contribution is 5.81. The summed E-state index contributed by atoms with van der Waals surface area (Å²) in [6.45, 7) is 0.479. The molecule has 0 saturated heterocycles. The number of benzene rings is 1. The number of aromatic amines is 1. The summed E-state index contributed by atoms with van der Waals surface area (Å²) in [7, 11) is 1.95. The molecule has 0 amide bonds. The largest absolute Gasteiger partial charge is 0.345 e. The van der Waals surface area contributed by atoms with E-state index >= 15 is 0 Å². The van der Waals surface area contributed by atoms with E-state index in [1.807, 2.05) is 29.8 Å². The maximum absolute atomic E-state index is 5.74. The topological polar surface area (TPSA) is 72.5 Å². The average Bonchev–Trinajstić information content (AvgIpc) is 2.93. The van der Waals surface area contributed by atoms with Gasteiger partial charge in [0.25, 0.3) is 0 Å². The lowest BCUT2D eigenvalue weighted by Crippen LogP contribution is -2.04. The molecule has 0 fully saturated rings. The first kappa shape index (κ1) is 10.0. The first-order valence-corrected chi connectivity index (χ1v) is 5.43. The third-order valence-corrected chi connectivity index (χ3v) is 2.95. The molecule has 3 aromatic rings. The van der Waals surface area contributed by atoms with E-state index in [0.717, 1.165) is 28.0 Å². The van der Waals surface area contributed by atoms with Gasteiger partial charge in [0, 0.05) is 19.2 Å². The van der Waals surface area contributed by atoms with Crippen LogP contribution in [0.15, 0.2) is 30.9 Å². The molecule has 0 atom stereocenters. The zero-order chi connectivity index (χ0) is 11.8. The summed E-state index contributed by atoms with van der Waals surface area (Å²) in [5, 5.41) is 0. The number of nitrogens with one attached hydrogen (secondary N) is 1. The Balaban J connectivity index is 2.19. The first-order chi connectivity index (χ1) is 8.29. The molecule has 3 N–H and O–H groups in total. The number of aryl methyl sites for hydroxylation is 1. The van der Waals surface area contributed by atoms with Crippen molar-refractivity contribution in [3.8, 4) is 11.3 Å². The van der Waals surface area contributed by atoms with Crippen molar-refractivity contribution in [3.05, 3.63) is 36.5 Å². The van der Waals surface area contributed by atoms with E-state index in [-0.39, 0.29) is 0 Å². The summed E-state index contributed by atoms with van der Waals surface area (Å²) in [6, 6.07) is 6.05. The van der Waals surface area contributed by atoms with Crippen molar-refractivity contribution in [2.45, 2.75) is 6.54 Å². The molecule has 0 unspecified atom stereocenters. The fourth-order valence-electron chi connectivity index (χ4n) is 2.02. The highest BCUT2D eigenvalue weighted by atomic mass is 15.0. The second-order valence-corrected chi connectivity index (χ2v) is 3.99. The van der Waals surface area contributed by atoms with Gasteiger partial charge in [0.1, 0.15) is 0 Å². The summed E-state index contributed by atoms with van der Waals surface area (Å²) in [5.41, 5.74) is 10.7. The molecule has 0 radical (unpaired) electrons. The molecule has 17 heavy (non-hydrogen) atoms. The highest BCUT2D eigenvalue weighted by Gasteiger charge is 2.10. The van der Waals surface area contributed by atoms with Crippen molar-refractivity contribution in [1.82, 2.24) is 19.5 Å². The van der Waals surface area contributed by atoms with Gasteiger partial charge >= 0.3 is 0 Å². The van der Waals surface area contributed by atoms with Crippen LogP contribution in [0.1, 0.15) is 5.69 Å². The van der Waals surface area contributed by atoms with Crippen molar-refractivity contribution >= 4 is 11.0 Å². The van der Waals surface area contributed by atoms with E-state index in [2.05, 4.69) is 15.0 Å². The lowest BCUT2D eigenvalue weighted by atomic mass is 10.1. The molecule has 5 heteroatoms. The molecule has 0 aliphatic rings. The molecule has 0 bridgehead atoms. The van der Waals surface area contributed by atoms with Crippen molar-refractivity contribution in [2.24, 2.45) is 12.8 Å². The molecule has 2 heterocycles. The van der Waals surface area contributed by atoms with Crippen LogP contribution in [0, 0.1) is 0 Å². The Kier molecular flexibility index (Phi) is 2.19. The number of rotatable bonds is 2. The summed E-state index contributed by atoms with van der Waals surface area (Å²) < 4.78 is 1.95. The Morgan fingerprint density at radius 1 is 1.35 bits per heavy atom. The van der Waals surface area contributed by atoms with Crippen LogP contribution in [0.4, 0.5) is 0 Å². The van der Waals surface area contributed by atoms with E-state index in [4.69, 9.17) is 5.73 Å². The number of H-pyrrole nitrogens is 1. The SMILES string of the molecule is Cn1cnc(-c2ccc3nc[nH]c3c2)c1CN. The number of fused-ring (bicyclic) bond motifs is 1. The highest BCUT2D eigenvalue weighted by Crippen LogP contribution is 2.24. The summed E-state index contributed by atoms with van der Waals surface area (Å²) >= 11 is 0. The summed E-state index contributed by atoms with van der Waals surface area (Å²) in [6.07, 6.45) is 3.48. The number of hydrogen-bond acceptors (Lipinski definition) is 3. The monoisotopic (exact) mass is 227 g/mol. The predicted octanol–water partition coefficient (Wildman–Crippen LogP) is 1.42. The molecule has 0 spiro atoms. The van der Waals surface area contributed by atoms with E-state index < -0.39 is 0 Å². The van der Waals surface area contributed by atoms with Gasteiger partial charge in [-0.1, -0.05) is 6.07 Å². The van der Waals surface area contributed by atoms with E-state index in [1.165, 1.54) is 0 Å². The van der Waals surface area contributed by atoms with Crippen molar-refractivity contribution in [3.63, 3.8) is 0 Å². The Labute approximate surface area is 98.3 Å². The van der Waals surface area contributed by atoms with Gasteiger partial charge in [0.15, 0.2) is 0 Å². The minimum Gasteiger partial charge on any atom is -0.345 e. The van der Waals surface area contributed by atoms with Crippen molar-refractivity contribution in [2.75, 3.05) is 0 Å². The maximum atomic E-state index is 5.74. The fraction of sp³-hybridized carbons (Fsp3) is 0.167.